The lowest BCUT2D eigenvalue weighted by molar-refractivity contribution is -0.152. The fraction of sp³-hybridized carbons (Fsp3) is 0.333. The first-order valence-electron chi connectivity index (χ1n) is 8.80. The Kier molecular flexibility index (Phi) is 7.75. The van der Waals surface area contributed by atoms with E-state index in [-0.39, 0.29) is 0 Å². The summed E-state index contributed by atoms with van der Waals surface area (Å²) in [5.41, 5.74) is 1.67. The van der Waals surface area contributed by atoms with Crippen LogP contribution >= 0.6 is 11.8 Å². The van der Waals surface area contributed by atoms with Gasteiger partial charge in [0.05, 0.1) is 14.2 Å². The molecule has 1 N–H and O–H groups in total. The zero-order valence-corrected chi connectivity index (χ0v) is 17.5. The molecule has 28 heavy (non-hydrogen) atoms. The lowest BCUT2D eigenvalue weighted by Gasteiger charge is -2.17. The van der Waals surface area contributed by atoms with Crippen LogP contribution in [0.3, 0.4) is 0 Å². The van der Waals surface area contributed by atoms with Gasteiger partial charge in [0.15, 0.2) is 17.6 Å². The van der Waals surface area contributed by atoms with Gasteiger partial charge in [0.25, 0.3) is 5.91 Å². The van der Waals surface area contributed by atoms with Crippen molar-refractivity contribution in [2.75, 3.05) is 19.5 Å². The minimum atomic E-state index is -0.929. The number of hydrogen-bond donors (Lipinski definition) is 1. The van der Waals surface area contributed by atoms with Crippen LogP contribution < -0.4 is 14.8 Å². The minimum absolute atomic E-state index is 0.423. The Morgan fingerprint density at radius 1 is 0.964 bits per heavy atom. The Morgan fingerprint density at radius 2 is 1.61 bits per heavy atom. The SMILES string of the molecule is COc1ccc(NC(=O)[C@H](C)OC(=O)[C@@H](C)Sc2ccc(C)cc2)cc1OC. The molecule has 0 aliphatic rings. The second kappa shape index (κ2) is 10.0. The number of thioether (sulfide) groups is 1. The lowest BCUT2D eigenvalue weighted by atomic mass is 10.2. The van der Waals surface area contributed by atoms with Crippen LogP contribution in [-0.4, -0.2) is 37.4 Å². The minimum Gasteiger partial charge on any atom is -0.493 e. The number of amides is 1. The van der Waals surface area contributed by atoms with Crippen LogP contribution in [0, 0.1) is 6.92 Å². The highest BCUT2D eigenvalue weighted by Crippen LogP contribution is 2.30. The van der Waals surface area contributed by atoms with Crippen LogP contribution in [0.5, 0.6) is 11.5 Å². The third-order valence-corrected chi connectivity index (χ3v) is 5.07. The van der Waals surface area contributed by atoms with E-state index in [9.17, 15) is 9.59 Å². The molecule has 2 aromatic rings. The summed E-state index contributed by atoms with van der Waals surface area (Å²) in [7, 11) is 3.05. The number of benzene rings is 2. The van der Waals surface area contributed by atoms with Crippen LogP contribution in [0.1, 0.15) is 19.4 Å². The molecular formula is C21H25NO5S. The van der Waals surface area contributed by atoms with Gasteiger partial charge in [-0.15, -0.1) is 11.8 Å². The fourth-order valence-corrected chi connectivity index (χ4v) is 3.20. The second-order valence-corrected chi connectivity index (χ2v) is 7.63. The summed E-state index contributed by atoms with van der Waals surface area (Å²) in [5.74, 6) is 0.184. The largest absolute Gasteiger partial charge is 0.493 e. The average Bonchev–Trinajstić information content (AvgIpc) is 2.69. The first-order chi connectivity index (χ1) is 13.3. The highest BCUT2D eigenvalue weighted by Gasteiger charge is 2.23. The molecule has 0 aliphatic heterocycles. The van der Waals surface area contributed by atoms with Crippen molar-refractivity contribution in [2.24, 2.45) is 0 Å². The van der Waals surface area contributed by atoms with Crippen molar-refractivity contribution in [1.29, 1.82) is 0 Å². The number of nitrogens with one attached hydrogen (secondary N) is 1. The van der Waals surface area contributed by atoms with Gasteiger partial charge in [-0.3, -0.25) is 9.59 Å². The Morgan fingerprint density at radius 3 is 2.21 bits per heavy atom. The van der Waals surface area contributed by atoms with Crippen molar-refractivity contribution < 1.29 is 23.8 Å². The van der Waals surface area contributed by atoms with Crippen LogP contribution in [0.2, 0.25) is 0 Å². The summed E-state index contributed by atoms with van der Waals surface area (Å²) >= 11 is 1.39. The molecule has 7 heteroatoms. The molecule has 0 spiro atoms. The second-order valence-electron chi connectivity index (χ2n) is 6.21. The van der Waals surface area contributed by atoms with Gasteiger partial charge in [-0.25, -0.2) is 0 Å². The summed E-state index contributed by atoms with van der Waals surface area (Å²) in [4.78, 5) is 25.6. The number of methoxy groups -OCH3 is 2. The topological polar surface area (TPSA) is 73.9 Å². The smallest absolute Gasteiger partial charge is 0.319 e. The number of hydrogen-bond acceptors (Lipinski definition) is 6. The number of esters is 1. The summed E-state index contributed by atoms with van der Waals surface area (Å²) in [6, 6.07) is 12.9. The van der Waals surface area contributed by atoms with Crippen molar-refractivity contribution in [2.45, 2.75) is 37.0 Å². The van der Waals surface area contributed by atoms with E-state index in [1.807, 2.05) is 31.2 Å². The molecule has 0 bridgehead atoms. The van der Waals surface area contributed by atoms with E-state index in [0.29, 0.717) is 17.2 Å². The molecule has 0 saturated heterocycles. The van der Waals surface area contributed by atoms with Gasteiger partial charge in [-0.1, -0.05) is 17.7 Å². The fourth-order valence-electron chi connectivity index (χ4n) is 2.35. The van der Waals surface area contributed by atoms with Crippen LogP contribution in [0.15, 0.2) is 47.4 Å². The third-order valence-electron chi connectivity index (χ3n) is 3.98. The van der Waals surface area contributed by atoms with Crippen LogP contribution in [-0.2, 0) is 14.3 Å². The van der Waals surface area contributed by atoms with Crippen molar-refractivity contribution in [1.82, 2.24) is 0 Å². The van der Waals surface area contributed by atoms with Gasteiger partial charge in [0, 0.05) is 16.6 Å². The zero-order valence-electron chi connectivity index (χ0n) is 16.6. The summed E-state index contributed by atoms with van der Waals surface area (Å²) in [5, 5.41) is 2.28. The van der Waals surface area contributed by atoms with Crippen molar-refractivity contribution in [3.05, 3.63) is 48.0 Å². The summed E-state index contributed by atoms with van der Waals surface area (Å²) < 4.78 is 15.7. The highest BCUT2D eigenvalue weighted by atomic mass is 32.2. The standard InChI is InChI=1S/C21H25NO5S/c1-13-6-9-17(10-7-13)28-15(3)21(24)27-14(2)20(23)22-16-8-11-18(25-4)19(12-16)26-5/h6-12,14-15H,1-5H3,(H,22,23)/t14-,15+/m0/s1. The lowest BCUT2D eigenvalue weighted by Crippen LogP contribution is -2.32. The van der Waals surface area contributed by atoms with E-state index >= 15 is 0 Å². The van der Waals surface area contributed by atoms with Crippen LogP contribution in [0.25, 0.3) is 0 Å². The predicted octanol–water partition coefficient (Wildman–Crippen LogP) is 4.06. The zero-order chi connectivity index (χ0) is 20.7. The number of anilines is 1. The van der Waals surface area contributed by atoms with E-state index in [1.54, 1.807) is 25.1 Å². The normalized spacial score (nSPS) is 12.6. The monoisotopic (exact) mass is 403 g/mol. The van der Waals surface area contributed by atoms with E-state index in [0.717, 1.165) is 10.5 Å². The molecule has 0 saturated carbocycles. The van der Waals surface area contributed by atoms with Crippen LogP contribution in [0.4, 0.5) is 5.69 Å². The number of rotatable bonds is 8. The van der Waals surface area contributed by atoms with E-state index < -0.39 is 23.2 Å². The first-order valence-corrected chi connectivity index (χ1v) is 9.68. The molecular weight excluding hydrogens is 378 g/mol. The van der Waals surface area contributed by atoms with E-state index in [1.165, 1.54) is 32.9 Å². The number of ether oxygens (including phenoxy) is 3. The average molecular weight is 404 g/mol. The van der Waals surface area contributed by atoms with Gasteiger partial charge in [-0.2, -0.15) is 0 Å². The maximum absolute atomic E-state index is 12.4. The molecule has 6 nitrogen and oxygen atoms in total. The quantitative estimate of drug-likeness (QED) is 0.529. The van der Waals surface area contributed by atoms with Crippen molar-refractivity contribution in [3.63, 3.8) is 0 Å². The van der Waals surface area contributed by atoms with Gasteiger partial charge in [0.2, 0.25) is 0 Å². The van der Waals surface area contributed by atoms with E-state index in [2.05, 4.69) is 5.32 Å². The van der Waals surface area contributed by atoms with Crippen molar-refractivity contribution >= 4 is 29.3 Å². The Balaban J connectivity index is 1.92. The summed E-state index contributed by atoms with van der Waals surface area (Å²) in [6.45, 7) is 5.30. The van der Waals surface area contributed by atoms with E-state index in [4.69, 9.17) is 14.2 Å². The molecule has 2 aromatic carbocycles. The molecule has 2 rings (SSSR count). The Bertz CT molecular complexity index is 822. The van der Waals surface area contributed by atoms with Gasteiger partial charge >= 0.3 is 5.97 Å². The predicted molar refractivity (Wildman–Crippen MR) is 110 cm³/mol. The van der Waals surface area contributed by atoms with Gasteiger partial charge in [-0.05, 0) is 45.0 Å². The molecule has 2 atom stereocenters. The molecule has 0 unspecified atom stereocenters. The molecule has 0 fully saturated rings. The molecule has 1 amide bonds. The molecule has 150 valence electrons. The molecule has 0 aliphatic carbocycles. The summed E-state index contributed by atoms with van der Waals surface area (Å²) in [6.07, 6.45) is -0.929. The van der Waals surface area contributed by atoms with Gasteiger partial charge in [0.1, 0.15) is 5.25 Å². The maximum atomic E-state index is 12.4. The molecule has 0 radical (unpaired) electrons. The molecule has 0 aromatic heterocycles. The first kappa shape index (κ1) is 21.6. The number of carbonyl (C=O) groups excluding carboxylic acids is 2. The maximum Gasteiger partial charge on any atom is 0.319 e. The number of carbonyl (C=O) groups is 2. The van der Waals surface area contributed by atoms with Crippen molar-refractivity contribution in [3.8, 4) is 11.5 Å². The Labute approximate surface area is 169 Å². The molecule has 0 heterocycles. The highest BCUT2D eigenvalue weighted by molar-refractivity contribution is 8.00. The van der Waals surface area contributed by atoms with Gasteiger partial charge < -0.3 is 19.5 Å². The third kappa shape index (κ3) is 5.92. The number of aryl methyl sites for hydroxylation is 1. The Hall–Kier alpha value is -2.67.